The first kappa shape index (κ1) is 8.90. The molecule has 1 nitrogen and oxygen atoms in total. The number of carbonyl (C=O) groups excluding carboxylic acids is 1. The molecule has 0 heterocycles. The summed E-state index contributed by atoms with van der Waals surface area (Å²) < 4.78 is 0. The van der Waals surface area contributed by atoms with Gasteiger partial charge in [-0.25, -0.2) is 0 Å². The fraction of sp³-hybridized carbons (Fsp3) is 0.357. The lowest BCUT2D eigenvalue weighted by Gasteiger charge is -2.16. The molecule has 0 unspecified atom stereocenters. The minimum Gasteiger partial charge on any atom is -0.294 e. The summed E-state index contributed by atoms with van der Waals surface area (Å²) in [5, 5.41) is 0. The van der Waals surface area contributed by atoms with E-state index in [2.05, 4.69) is 12.2 Å². The van der Waals surface area contributed by atoms with Crippen molar-refractivity contribution >= 4 is 5.78 Å². The van der Waals surface area contributed by atoms with Gasteiger partial charge in [-0.3, -0.25) is 4.79 Å². The summed E-state index contributed by atoms with van der Waals surface area (Å²) in [5.74, 6) is 1.78. The van der Waals surface area contributed by atoms with E-state index < -0.39 is 0 Å². The van der Waals surface area contributed by atoms with Crippen LogP contribution < -0.4 is 0 Å². The highest BCUT2D eigenvalue weighted by atomic mass is 16.1. The molecule has 1 heteroatoms. The summed E-state index contributed by atoms with van der Waals surface area (Å²) in [6, 6.07) is 9.69. The van der Waals surface area contributed by atoms with Gasteiger partial charge < -0.3 is 0 Å². The van der Waals surface area contributed by atoms with E-state index >= 15 is 0 Å². The van der Waals surface area contributed by atoms with Crippen LogP contribution in [0.2, 0.25) is 0 Å². The van der Waals surface area contributed by atoms with E-state index in [1.165, 1.54) is 6.42 Å². The zero-order valence-corrected chi connectivity index (χ0v) is 8.60. The average molecular weight is 198 g/mol. The van der Waals surface area contributed by atoms with Gasteiger partial charge in [-0.05, 0) is 24.7 Å². The molecule has 1 fully saturated rings. The third-order valence-electron chi connectivity index (χ3n) is 3.67. The second kappa shape index (κ2) is 3.34. The molecule has 0 aliphatic heterocycles. The Labute approximate surface area is 89.8 Å². The molecule has 0 N–H and O–H groups in total. The number of rotatable bonds is 2. The molecule has 1 saturated carbocycles. The Hall–Kier alpha value is -1.37. The molecule has 3 rings (SSSR count). The summed E-state index contributed by atoms with van der Waals surface area (Å²) in [5.41, 5.74) is 0.878. The number of fused-ring (bicyclic) bond motifs is 2. The van der Waals surface area contributed by atoms with Crippen molar-refractivity contribution in [1.29, 1.82) is 0 Å². The fourth-order valence-corrected chi connectivity index (χ4v) is 2.90. The zero-order valence-electron chi connectivity index (χ0n) is 8.60. The first-order chi connectivity index (χ1) is 7.34. The van der Waals surface area contributed by atoms with Crippen molar-refractivity contribution in [3.8, 4) is 0 Å². The number of hydrogen-bond acceptors (Lipinski definition) is 1. The maximum atomic E-state index is 12.2. The number of allylic oxidation sites excluding steroid dienone is 2. The molecule has 2 aliphatic carbocycles. The van der Waals surface area contributed by atoms with E-state index in [4.69, 9.17) is 0 Å². The Morgan fingerprint density at radius 1 is 1.07 bits per heavy atom. The zero-order chi connectivity index (χ0) is 10.3. The number of ketones is 1. The molecule has 2 bridgehead atoms. The van der Waals surface area contributed by atoms with Gasteiger partial charge in [0.1, 0.15) is 0 Å². The number of benzene rings is 1. The van der Waals surface area contributed by atoms with Crippen LogP contribution in [-0.4, -0.2) is 5.78 Å². The van der Waals surface area contributed by atoms with E-state index in [1.807, 2.05) is 30.3 Å². The second-order valence-electron chi connectivity index (χ2n) is 4.62. The predicted molar refractivity (Wildman–Crippen MR) is 59.6 cm³/mol. The molecule has 1 aromatic carbocycles. The van der Waals surface area contributed by atoms with E-state index in [-0.39, 0.29) is 5.92 Å². The predicted octanol–water partition coefficient (Wildman–Crippen LogP) is 3.08. The van der Waals surface area contributed by atoms with E-state index in [0.717, 1.165) is 12.0 Å². The van der Waals surface area contributed by atoms with Gasteiger partial charge in [0.25, 0.3) is 0 Å². The molecule has 0 aromatic heterocycles. The van der Waals surface area contributed by atoms with E-state index in [0.29, 0.717) is 17.6 Å². The van der Waals surface area contributed by atoms with Crippen LogP contribution in [-0.2, 0) is 0 Å². The summed E-state index contributed by atoms with van der Waals surface area (Å²) in [7, 11) is 0. The topological polar surface area (TPSA) is 17.1 Å². The van der Waals surface area contributed by atoms with Gasteiger partial charge in [0.15, 0.2) is 5.78 Å². The van der Waals surface area contributed by atoms with Gasteiger partial charge in [0, 0.05) is 11.5 Å². The van der Waals surface area contributed by atoms with Gasteiger partial charge in [-0.2, -0.15) is 0 Å². The van der Waals surface area contributed by atoms with Gasteiger partial charge >= 0.3 is 0 Å². The summed E-state index contributed by atoms with van der Waals surface area (Å²) in [6.45, 7) is 0. The van der Waals surface area contributed by atoms with Crippen molar-refractivity contribution in [2.45, 2.75) is 12.8 Å². The Balaban J connectivity index is 1.85. The van der Waals surface area contributed by atoms with Gasteiger partial charge in [0.2, 0.25) is 0 Å². The largest absolute Gasteiger partial charge is 0.294 e. The number of hydrogen-bond donors (Lipinski definition) is 0. The van der Waals surface area contributed by atoms with Gasteiger partial charge in [-0.1, -0.05) is 42.5 Å². The summed E-state index contributed by atoms with van der Waals surface area (Å²) in [4.78, 5) is 12.2. The van der Waals surface area contributed by atoms with Crippen molar-refractivity contribution < 1.29 is 4.79 Å². The van der Waals surface area contributed by atoms with Crippen LogP contribution in [0.4, 0.5) is 0 Å². The molecule has 3 atom stereocenters. The van der Waals surface area contributed by atoms with Crippen molar-refractivity contribution in [2.24, 2.45) is 17.8 Å². The van der Waals surface area contributed by atoms with Gasteiger partial charge in [-0.15, -0.1) is 0 Å². The lowest BCUT2D eigenvalue weighted by atomic mass is 9.86. The Kier molecular flexibility index (Phi) is 1.98. The van der Waals surface area contributed by atoms with Crippen LogP contribution in [0.15, 0.2) is 42.5 Å². The van der Waals surface area contributed by atoms with Crippen LogP contribution in [0, 0.1) is 17.8 Å². The first-order valence-corrected chi connectivity index (χ1v) is 5.62. The van der Waals surface area contributed by atoms with Gasteiger partial charge in [0.05, 0.1) is 0 Å². The third kappa shape index (κ3) is 1.43. The third-order valence-corrected chi connectivity index (χ3v) is 3.67. The van der Waals surface area contributed by atoms with Crippen LogP contribution in [0.5, 0.6) is 0 Å². The maximum Gasteiger partial charge on any atom is 0.166 e. The average Bonchev–Trinajstić information content (AvgIpc) is 2.91. The Bertz CT molecular complexity index is 405. The van der Waals surface area contributed by atoms with E-state index in [1.54, 1.807) is 0 Å². The molecular weight excluding hydrogens is 184 g/mol. The molecule has 0 radical (unpaired) electrons. The molecule has 76 valence electrons. The van der Waals surface area contributed by atoms with Crippen LogP contribution >= 0.6 is 0 Å². The van der Waals surface area contributed by atoms with Crippen LogP contribution in [0.1, 0.15) is 23.2 Å². The van der Waals surface area contributed by atoms with Crippen molar-refractivity contribution in [1.82, 2.24) is 0 Å². The van der Waals surface area contributed by atoms with Crippen molar-refractivity contribution in [2.75, 3.05) is 0 Å². The maximum absolute atomic E-state index is 12.2. The lowest BCUT2D eigenvalue weighted by Crippen LogP contribution is -2.18. The molecular formula is C14H14O. The SMILES string of the molecule is O=C(c1ccccc1)[C@@H]1C[C@@H]2C=C[C@H]1C2. The van der Waals surface area contributed by atoms with Crippen LogP contribution in [0.3, 0.4) is 0 Å². The molecule has 15 heavy (non-hydrogen) atoms. The minimum absolute atomic E-state index is 0.252. The highest BCUT2D eigenvalue weighted by molar-refractivity contribution is 5.98. The normalized spacial score (nSPS) is 32.1. The minimum atomic E-state index is 0.252. The summed E-state index contributed by atoms with van der Waals surface area (Å²) >= 11 is 0. The highest BCUT2D eigenvalue weighted by Gasteiger charge is 2.39. The first-order valence-electron chi connectivity index (χ1n) is 5.62. The fourth-order valence-electron chi connectivity index (χ4n) is 2.90. The van der Waals surface area contributed by atoms with E-state index in [9.17, 15) is 4.79 Å². The number of carbonyl (C=O) groups is 1. The molecule has 2 aliphatic rings. The molecule has 1 aromatic rings. The van der Waals surface area contributed by atoms with Crippen molar-refractivity contribution in [3.63, 3.8) is 0 Å². The Morgan fingerprint density at radius 2 is 1.87 bits per heavy atom. The second-order valence-corrected chi connectivity index (χ2v) is 4.62. The number of Topliss-reactive ketones (excluding diaryl/α,β-unsaturated/α-hetero) is 1. The quantitative estimate of drug-likeness (QED) is 0.527. The highest BCUT2D eigenvalue weighted by Crippen LogP contribution is 2.44. The monoisotopic (exact) mass is 198 g/mol. The van der Waals surface area contributed by atoms with Crippen molar-refractivity contribution in [3.05, 3.63) is 48.0 Å². The standard InChI is InChI=1S/C14H14O/c15-14(11-4-2-1-3-5-11)13-9-10-6-7-12(13)8-10/h1-7,10,12-13H,8-9H2/t10-,12+,13-/m1/s1. The lowest BCUT2D eigenvalue weighted by molar-refractivity contribution is 0.0901. The smallest absolute Gasteiger partial charge is 0.166 e. The Morgan fingerprint density at radius 3 is 2.47 bits per heavy atom. The molecule has 0 spiro atoms. The van der Waals surface area contributed by atoms with Crippen LogP contribution in [0.25, 0.3) is 0 Å². The molecule has 0 saturated heterocycles. The molecule has 0 amide bonds. The summed E-state index contributed by atoms with van der Waals surface area (Å²) in [6.07, 6.45) is 6.78.